The van der Waals surface area contributed by atoms with Gasteiger partial charge in [0.05, 0.1) is 7.11 Å². The SMILES string of the molecule is CCCCCCCCC#CC#Cc1ccc(OC)cc1. The Kier molecular flexibility index (Phi) is 8.91. The molecule has 0 aliphatic carbocycles. The van der Waals surface area contributed by atoms with Crippen LogP contribution < -0.4 is 4.74 Å². The molecule has 1 aromatic carbocycles. The van der Waals surface area contributed by atoms with E-state index < -0.39 is 0 Å². The van der Waals surface area contributed by atoms with Gasteiger partial charge in [0.2, 0.25) is 0 Å². The van der Waals surface area contributed by atoms with Gasteiger partial charge in [0, 0.05) is 12.0 Å². The third-order valence-electron chi connectivity index (χ3n) is 3.10. The Morgan fingerprint density at radius 3 is 2.30 bits per heavy atom. The fraction of sp³-hybridized carbons (Fsp3) is 0.474. The van der Waals surface area contributed by atoms with Crippen LogP contribution in [0.25, 0.3) is 0 Å². The van der Waals surface area contributed by atoms with Crippen LogP contribution in [0.15, 0.2) is 24.3 Å². The Labute approximate surface area is 123 Å². The molecule has 0 N–H and O–H groups in total. The molecule has 0 fully saturated rings. The van der Waals surface area contributed by atoms with Crippen LogP contribution in [0, 0.1) is 23.7 Å². The molecule has 0 amide bonds. The molecule has 0 spiro atoms. The van der Waals surface area contributed by atoms with Gasteiger partial charge in [-0.1, -0.05) is 50.9 Å². The lowest BCUT2D eigenvalue weighted by atomic mass is 10.1. The largest absolute Gasteiger partial charge is 0.497 e. The van der Waals surface area contributed by atoms with E-state index in [-0.39, 0.29) is 0 Å². The summed E-state index contributed by atoms with van der Waals surface area (Å²) in [5.74, 6) is 12.8. The number of ether oxygens (including phenoxy) is 1. The number of unbranched alkanes of at least 4 members (excludes halogenated alkanes) is 6. The van der Waals surface area contributed by atoms with Crippen LogP contribution in [0.5, 0.6) is 5.75 Å². The molecule has 1 nitrogen and oxygen atoms in total. The van der Waals surface area contributed by atoms with E-state index in [0.717, 1.165) is 17.7 Å². The van der Waals surface area contributed by atoms with Crippen molar-refractivity contribution >= 4 is 0 Å². The Balaban J connectivity index is 2.20. The van der Waals surface area contributed by atoms with E-state index in [0.29, 0.717) is 0 Å². The third-order valence-corrected chi connectivity index (χ3v) is 3.10. The zero-order valence-electron chi connectivity index (χ0n) is 12.7. The first-order chi connectivity index (χ1) is 9.86. The highest BCUT2D eigenvalue weighted by Gasteiger charge is 1.89. The molecule has 106 valence electrons. The molecular formula is C19H24O. The van der Waals surface area contributed by atoms with E-state index in [4.69, 9.17) is 4.74 Å². The van der Waals surface area contributed by atoms with Crippen molar-refractivity contribution in [2.75, 3.05) is 7.11 Å². The molecule has 1 rings (SSSR count). The van der Waals surface area contributed by atoms with Gasteiger partial charge in [-0.15, -0.1) is 0 Å². The van der Waals surface area contributed by atoms with Crippen LogP contribution in [0.2, 0.25) is 0 Å². The minimum absolute atomic E-state index is 0.852. The van der Waals surface area contributed by atoms with Gasteiger partial charge >= 0.3 is 0 Å². The first-order valence-corrected chi connectivity index (χ1v) is 7.49. The quantitative estimate of drug-likeness (QED) is 0.510. The molecule has 0 aliphatic rings. The first-order valence-electron chi connectivity index (χ1n) is 7.49. The van der Waals surface area contributed by atoms with Crippen molar-refractivity contribution in [3.8, 4) is 29.4 Å². The summed E-state index contributed by atoms with van der Waals surface area (Å²) in [6, 6.07) is 7.71. The molecule has 0 saturated heterocycles. The third kappa shape index (κ3) is 7.55. The smallest absolute Gasteiger partial charge is 0.118 e. The molecule has 0 unspecified atom stereocenters. The van der Waals surface area contributed by atoms with Gasteiger partial charge in [0.1, 0.15) is 5.75 Å². The van der Waals surface area contributed by atoms with Crippen LogP contribution in [-0.2, 0) is 0 Å². The summed E-state index contributed by atoms with van der Waals surface area (Å²) >= 11 is 0. The fourth-order valence-corrected chi connectivity index (χ4v) is 1.88. The Morgan fingerprint density at radius 2 is 1.60 bits per heavy atom. The average molecular weight is 268 g/mol. The first kappa shape index (κ1) is 16.2. The van der Waals surface area contributed by atoms with E-state index >= 15 is 0 Å². The lowest BCUT2D eigenvalue weighted by Gasteiger charge is -1.97. The van der Waals surface area contributed by atoms with E-state index in [2.05, 4.69) is 30.6 Å². The molecule has 0 aliphatic heterocycles. The summed E-state index contributed by atoms with van der Waals surface area (Å²) in [7, 11) is 1.66. The minimum Gasteiger partial charge on any atom is -0.497 e. The van der Waals surface area contributed by atoms with E-state index in [1.807, 2.05) is 24.3 Å². The van der Waals surface area contributed by atoms with Crippen LogP contribution in [0.3, 0.4) is 0 Å². The highest BCUT2D eigenvalue weighted by molar-refractivity contribution is 5.42. The van der Waals surface area contributed by atoms with Crippen molar-refractivity contribution in [3.63, 3.8) is 0 Å². The van der Waals surface area contributed by atoms with Crippen LogP contribution in [0.4, 0.5) is 0 Å². The summed E-state index contributed by atoms with van der Waals surface area (Å²) in [6.07, 6.45) is 8.82. The summed E-state index contributed by atoms with van der Waals surface area (Å²) < 4.78 is 5.10. The van der Waals surface area contributed by atoms with Crippen molar-refractivity contribution in [1.29, 1.82) is 0 Å². The summed E-state index contributed by atoms with van der Waals surface area (Å²) in [4.78, 5) is 0. The zero-order valence-corrected chi connectivity index (χ0v) is 12.7. The van der Waals surface area contributed by atoms with Crippen LogP contribution in [0.1, 0.15) is 57.4 Å². The van der Waals surface area contributed by atoms with Gasteiger partial charge in [-0.05, 0) is 42.5 Å². The van der Waals surface area contributed by atoms with Crippen molar-refractivity contribution in [2.45, 2.75) is 51.9 Å². The molecule has 0 aromatic heterocycles. The standard InChI is InChI=1S/C19H24O/c1-3-4-5-6-7-8-9-10-11-12-13-18-14-16-19(20-2)17-15-18/h14-17H,3-9H2,1-2H3. The minimum atomic E-state index is 0.852. The molecule has 1 heteroatoms. The monoisotopic (exact) mass is 268 g/mol. The predicted octanol–water partition coefficient (Wildman–Crippen LogP) is 4.80. The second kappa shape index (κ2) is 11.0. The second-order valence-electron chi connectivity index (χ2n) is 4.80. The van der Waals surface area contributed by atoms with E-state index in [1.165, 1.54) is 38.5 Å². The van der Waals surface area contributed by atoms with Gasteiger partial charge in [-0.25, -0.2) is 0 Å². The molecule has 0 bridgehead atoms. The van der Waals surface area contributed by atoms with Crippen molar-refractivity contribution in [2.24, 2.45) is 0 Å². The zero-order chi connectivity index (χ0) is 14.5. The maximum absolute atomic E-state index is 5.10. The highest BCUT2D eigenvalue weighted by Crippen LogP contribution is 2.10. The number of benzene rings is 1. The van der Waals surface area contributed by atoms with Gasteiger partial charge in [0.15, 0.2) is 0 Å². The topological polar surface area (TPSA) is 9.23 Å². The fourth-order valence-electron chi connectivity index (χ4n) is 1.88. The Bertz CT molecular complexity index is 476. The molecule has 0 atom stereocenters. The molecule has 1 aromatic rings. The highest BCUT2D eigenvalue weighted by atomic mass is 16.5. The molecule has 0 radical (unpaired) electrons. The Hall–Kier alpha value is -1.86. The summed E-state index contributed by atoms with van der Waals surface area (Å²) in [5.41, 5.74) is 0.972. The van der Waals surface area contributed by atoms with E-state index in [1.54, 1.807) is 7.11 Å². The van der Waals surface area contributed by atoms with Gasteiger partial charge in [-0.2, -0.15) is 0 Å². The number of methoxy groups -OCH3 is 1. The van der Waals surface area contributed by atoms with Crippen molar-refractivity contribution in [3.05, 3.63) is 29.8 Å². The predicted molar refractivity (Wildman–Crippen MR) is 85.6 cm³/mol. The van der Waals surface area contributed by atoms with Gasteiger partial charge < -0.3 is 4.74 Å². The molecule has 20 heavy (non-hydrogen) atoms. The maximum Gasteiger partial charge on any atom is 0.118 e. The van der Waals surface area contributed by atoms with Gasteiger partial charge in [0.25, 0.3) is 0 Å². The molecular weight excluding hydrogens is 244 g/mol. The normalized spacial score (nSPS) is 9.10. The number of rotatable bonds is 7. The summed E-state index contributed by atoms with van der Waals surface area (Å²) in [6.45, 7) is 2.24. The van der Waals surface area contributed by atoms with Crippen molar-refractivity contribution < 1.29 is 4.74 Å². The number of hydrogen-bond acceptors (Lipinski definition) is 1. The number of hydrogen-bond donors (Lipinski definition) is 0. The molecule has 0 heterocycles. The lowest BCUT2D eigenvalue weighted by molar-refractivity contribution is 0.415. The average Bonchev–Trinajstić information content (AvgIpc) is 2.50. The van der Waals surface area contributed by atoms with Crippen molar-refractivity contribution in [1.82, 2.24) is 0 Å². The van der Waals surface area contributed by atoms with E-state index in [9.17, 15) is 0 Å². The molecule has 0 saturated carbocycles. The Morgan fingerprint density at radius 1 is 0.900 bits per heavy atom. The van der Waals surface area contributed by atoms with Crippen LogP contribution in [-0.4, -0.2) is 7.11 Å². The summed E-state index contributed by atoms with van der Waals surface area (Å²) in [5, 5.41) is 0. The second-order valence-corrected chi connectivity index (χ2v) is 4.80. The van der Waals surface area contributed by atoms with Crippen LogP contribution >= 0.6 is 0 Å². The maximum atomic E-state index is 5.10. The van der Waals surface area contributed by atoms with Gasteiger partial charge in [-0.3, -0.25) is 0 Å². The lowest BCUT2D eigenvalue weighted by Crippen LogP contribution is -1.81.